The maximum atomic E-state index is 11.3. The first-order valence-electron chi connectivity index (χ1n) is 4.47. The van der Waals surface area contributed by atoms with Crippen molar-refractivity contribution >= 4 is 28.2 Å². The highest BCUT2D eigenvalue weighted by atomic mass is 32.1. The van der Waals surface area contributed by atoms with Gasteiger partial charge < -0.3 is 16.4 Å². The summed E-state index contributed by atoms with van der Waals surface area (Å²) in [4.78, 5) is 22.3. The van der Waals surface area contributed by atoms with Crippen LogP contribution in [0.25, 0.3) is 0 Å². The van der Waals surface area contributed by atoms with Crippen LogP contribution in [-0.2, 0) is 4.79 Å². The third-order valence-electron chi connectivity index (χ3n) is 1.79. The first-order valence-corrected chi connectivity index (χ1v) is 5.35. The summed E-state index contributed by atoms with van der Waals surface area (Å²) in [6, 6.07) is 1.60. The van der Waals surface area contributed by atoms with Crippen LogP contribution in [0.15, 0.2) is 11.4 Å². The van der Waals surface area contributed by atoms with Crippen molar-refractivity contribution in [3.05, 3.63) is 17.0 Å². The first-order chi connectivity index (χ1) is 7.15. The van der Waals surface area contributed by atoms with E-state index in [2.05, 4.69) is 10.6 Å². The minimum Gasteiger partial charge on any atom is -0.366 e. The van der Waals surface area contributed by atoms with Gasteiger partial charge in [0, 0.05) is 13.0 Å². The van der Waals surface area contributed by atoms with Gasteiger partial charge in [0.1, 0.15) is 5.00 Å². The summed E-state index contributed by atoms with van der Waals surface area (Å²) < 4.78 is 0. The monoisotopic (exact) mass is 227 g/mol. The van der Waals surface area contributed by atoms with E-state index in [9.17, 15) is 9.59 Å². The van der Waals surface area contributed by atoms with Gasteiger partial charge in [-0.15, -0.1) is 11.3 Å². The molecular weight excluding hydrogens is 214 g/mol. The number of carbonyl (C=O) groups is 2. The third kappa shape index (κ3) is 3.34. The molecule has 0 unspecified atom stereocenters. The maximum Gasteiger partial charge on any atom is 0.251 e. The van der Waals surface area contributed by atoms with E-state index in [-0.39, 0.29) is 5.91 Å². The number of rotatable bonds is 5. The van der Waals surface area contributed by atoms with Gasteiger partial charge in [-0.2, -0.15) is 0 Å². The molecule has 0 aromatic carbocycles. The van der Waals surface area contributed by atoms with E-state index >= 15 is 0 Å². The smallest absolute Gasteiger partial charge is 0.251 e. The van der Waals surface area contributed by atoms with Crippen LogP contribution in [-0.4, -0.2) is 25.4 Å². The van der Waals surface area contributed by atoms with Gasteiger partial charge in [0.25, 0.3) is 5.91 Å². The molecule has 0 aliphatic rings. The van der Waals surface area contributed by atoms with Gasteiger partial charge in [0.15, 0.2) is 0 Å². The Hall–Kier alpha value is -1.40. The Morgan fingerprint density at radius 3 is 2.87 bits per heavy atom. The summed E-state index contributed by atoms with van der Waals surface area (Å²) in [6.45, 7) is 0.600. The molecule has 2 amide bonds. The highest BCUT2D eigenvalue weighted by Crippen LogP contribution is 2.22. The second kappa shape index (κ2) is 5.47. The average Bonchev–Trinajstić information content (AvgIpc) is 2.62. The Balaban J connectivity index is 2.60. The van der Waals surface area contributed by atoms with Gasteiger partial charge in [-0.3, -0.25) is 9.59 Å². The molecule has 0 bridgehead atoms. The van der Waals surface area contributed by atoms with Crippen molar-refractivity contribution < 1.29 is 9.59 Å². The number of hydrogen-bond acceptors (Lipinski definition) is 4. The maximum absolute atomic E-state index is 11.3. The summed E-state index contributed by atoms with van der Waals surface area (Å²) in [6.07, 6.45) is 0.368. The number of primary amides is 1. The molecule has 6 heteroatoms. The highest BCUT2D eigenvalue weighted by molar-refractivity contribution is 7.14. The first kappa shape index (κ1) is 11.7. The fourth-order valence-corrected chi connectivity index (χ4v) is 1.84. The summed E-state index contributed by atoms with van der Waals surface area (Å²) in [7, 11) is 1.77. The van der Waals surface area contributed by atoms with Crippen LogP contribution in [0.5, 0.6) is 0 Å². The largest absolute Gasteiger partial charge is 0.366 e. The van der Waals surface area contributed by atoms with Gasteiger partial charge >= 0.3 is 0 Å². The Morgan fingerprint density at radius 2 is 2.27 bits per heavy atom. The van der Waals surface area contributed by atoms with E-state index < -0.39 is 5.91 Å². The summed E-state index contributed by atoms with van der Waals surface area (Å²) in [5.41, 5.74) is 5.50. The molecule has 0 fully saturated rings. The van der Waals surface area contributed by atoms with Crippen molar-refractivity contribution in [3.63, 3.8) is 0 Å². The molecule has 1 aromatic rings. The zero-order chi connectivity index (χ0) is 11.3. The third-order valence-corrected chi connectivity index (χ3v) is 2.62. The van der Waals surface area contributed by atoms with Gasteiger partial charge in [-0.05, 0) is 18.5 Å². The number of anilines is 1. The fourth-order valence-electron chi connectivity index (χ4n) is 1.03. The molecule has 82 valence electrons. The number of nitrogens with one attached hydrogen (secondary N) is 2. The topological polar surface area (TPSA) is 84.2 Å². The molecule has 0 atom stereocenters. The van der Waals surface area contributed by atoms with Gasteiger partial charge in [0.2, 0.25) is 5.91 Å². The Morgan fingerprint density at radius 1 is 1.53 bits per heavy atom. The molecule has 0 radical (unpaired) electrons. The fraction of sp³-hybridized carbons (Fsp3) is 0.333. The average molecular weight is 227 g/mol. The lowest BCUT2D eigenvalue weighted by Gasteiger charge is -2.03. The molecule has 4 N–H and O–H groups in total. The van der Waals surface area contributed by atoms with E-state index in [1.165, 1.54) is 11.3 Å². The SMILES string of the molecule is CNCCC(=O)Nc1sccc1C(N)=O. The van der Waals surface area contributed by atoms with Crippen LogP contribution < -0.4 is 16.4 Å². The lowest BCUT2D eigenvalue weighted by molar-refractivity contribution is -0.116. The lowest BCUT2D eigenvalue weighted by atomic mass is 10.3. The van der Waals surface area contributed by atoms with Crippen molar-refractivity contribution in [1.29, 1.82) is 0 Å². The lowest BCUT2D eigenvalue weighted by Crippen LogP contribution is -2.20. The predicted octanol–water partition coefficient (Wildman–Crippen LogP) is 0.395. The molecule has 0 aliphatic carbocycles. The molecule has 15 heavy (non-hydrogen) atoms. The molecule has 0 saturated carbocycles. The standard InChI is InChI=1S/C9H13N3O2S/c1-11-4-2-7(13)12-9-6(8(10)14)3-5-15-9/h3,5,11H,2,4H2,1H3,(H2,10,14)(H,12,13). The van der Waals surface area contributed by atoms with Crippen molar-refractivity contribution in [3.8, 4) is 0 Å². The molecule has 0 saturated heterocycles. The molecule has 1 aromatic heterocycles. The Labute approximate surface area is 91.7 Å². The second-order valence-electron chi connectivity index (χ2n) is 2.93. The zero-order valence-corrected chi connectivity index (χ0v) is 9.19. The van der Waals surface area contributed by atoms with Crippen LogP contribution in [0, 0.1) is 0 Å². The van der Waals surface area contributed by atoms with Crippen LogP contribution in [0.4, 0.5) is 5.00 Å². The van der Waals surface area contributed by atoms with Gasteiger partial charge in [0.05, 0.1) is 5.56 Å². The quantitative estimate of drug-likeness (QED) is 0.680. The van der Waals surface area contributed by atoms with Crippen molar-refractivity contribution in [2.24, 2.45) is 5.73 Å². The van der Waals surface area contributed by atoms with Crippen LogP contribution in [0.1, 0.15) is 16.8 Å². The van der Waals surface area contributed by atoms with Crippen LogP contribution in [0.2, 0.25) is 0 Å². The number of nitrogens with two attached hydrogens (primary N) is 1. The highest BCUT2D eigenvalue weighted by Gasteiger charge is 2.11. The normalized spacial score (nSPS) is 9.93. The van der Waals surface area contributed by atoms with E-state index in [1.807, 2.05) is 0 Å². The molecule has 0 aliphatic heterocycles. The minimum absolute atomic E-state index is 0.130. The van der Waals surface area contributed by atoms with E-state index in [0.29, 0.717) is 23.5 Å². The number of thiophene rings is 1. The van der Waals surface area contributed by atoms with E-state index in [1.54, 1.807) is 18.5 Å². The Kier molecular flexibility index (Phi) is 4.26. The molecule has 1 rings (SSSR count). The Bertz CT molecular complexity index is 362. The number of carbonyl (C=O) groups excluding carboxylic acids is 2. The van der Waals surface area contributed by atoms with Gasteiger partial charge in [-0.25, -0.2) is 0 Å². The van der Waals surface area contributed by atoms with Crippen LogP contribution >= 0.6 is 11.3 Å². The van der Waals surface area contributed by atoms with E-state index in [0.717, 1.165) is 0 Å². The minimum atomic E-state index is -0.528. The second-order valence-corrected chi connectivity index (χ2v) is 3.85. The van der Waals surface area contributed by atoms with E-state index in [4.69, 9.17) is 5.73 Å². The summed E-state index contributed by atoms with van der Waals surface area (Å²) in [5, 5.41) is 7.75. The molecular formula is C9H13N3O2S. The summed E-state index contributed by atoms with van der Waals surface area (Å²) >= 11 is 1.29. The number of hydrogen-bond donors (Lipinski definition) is 3. The molecule has 1 heterocycles. The predicted molar refractivity (Wildman–Crippen MR) is 60.0 cm³/mol. The molecule has 5 nitrogen and oxygen atoms in total. The molecule has 0 spiro atoms. The van der Waals surface area contributed by atoms with Gasteiger partial charge in [-0.1, -0.05) is 0 Å². The zero-order valence-electron chi connectivity index (χ0n) is 8.37. The van der Waals surface area contributed by atoms with Crippen LogP contribution in [0.3, 0.4) is 0 Å². The van der Waals surface area contributed by atoms with Crippen molar-refractivity contribution in [1.82, 2.24) is 5.32 Å². The summed E-state index contributed by atoms with van der Waals surface area (Å²) in [5.74, 6) is -0.658. The number of amides is 2. The van der Waals surface area contributed by atoms with Crippen molar-refractivity contribution in [2.75, 3.05) is 18.9 Å². The van der Waals surface area contributed by atoms with Crippen molar-refractivity contribution in [2.45, 2.75) is 6.42 Å².